The molecule has 7 heteroatoms. The standard InChI is InChI=1S/C11H24N2O3Si2/c1-7-10(14)12-18(9-3,13-11(15)8-2)16-17(4,5)6/h9H,3,7-8H2,1-2,4-6H3,(H,12,14)(H,13,15). The molecule has 0 aliphatic carbocycles. The minimum Gasteiger partial charge on any atom is -0.422 e. The van der Waals surface area contributed by atoms with Crippen molar-refractivity contribution < 1.29 is 13.7 Å². The van der Waals surface area contributed by atoms with Gasteiger partial charge < -0.3 is 14.1 Å². The van der Waals surface area contributed by atoms with Gasteiger partial charge in [-0.15, -0.1) is 6.58 Å². The van der Waals surface area contributed by atoms with E-state index in [4.69, 9.17) is 4.12 Å². The van der Waals surface area contributed by atoms with E-state index < -0.39 is 17.0 Å². The number of hydrogen-bond donors (Lipinski definition) is 2. The summed E-state index contributed by atoms with van der Waals surface area (Å²) in [6.07, 6.45) is 0.694. The van der Waals surface area contributed by atoms with Crippen molar-refractivity contribution in [1.29, 1.82) is 0 Å². The summed E-state index contributed by atoms with van der Waals surface area (Å²) in [7, 11) is -4.86. The minimum absolute atomic E-state index is 0.142. The smallest absolute Gasteiger partial charge is 0.422 e. The lowest BCUT2D eigenvalue weighted by atomic mass is 10.5. The van der Waals surface area contributed by atoms with Gasteiger partial charge in [0.2, 0.25) is 11.8 Å². The molecule has 18 heavy (non-hydrogen) atoms. The van der Waals surface area contributed by atoms with E-state index in [0.717, 1.165) is 0 Å². The van der Waals surface area contributed by atoms with E-state index in [9.17, 15) is 9.59 Å². The highest BCUT2D eigenvalue weighted by molar-refractivity contribution is 6.87. The van der Waals surface area contributed by atoms with Gasteiger partial charge in [-0.05, 0) is 25.3 Å². The first-order chi connectivity index (χ1) is 8.18. The molecule has 0 saturated heterocycles. The Morgan fingerprint density at radius 3 is 1.72 bits per heavy atom. The monoisotopic (exact) mass is 288 g/mol. The van der Waals surface area contributed by atoms with E-state index in [2.05, 4.69) is 16.5 Å². The van der Waals surface area contributed by atoms with Gasteiger partial charge in [0.15, 0.2) is 8.32 Å². The number of amides is 2. The maximum absolute atomic E-state index is 11.6. The van der Waals surface area contributed by atoms with Crippen molar-refractivity contribution in [2.75, 3.05) is 0 Å². The molecule has 0 aromatic rings. The zero-order valence-corrected chi connectivity index (χ0v) is 13.9. The van der Waals surface area contributed by atoms with Gasteiger partial charge in [0.1, 0.15) is 0 Å². The Bertz CT molecular complexity index is 309. The van der Waals surface area contributed by atoms with Crippen molar-refractivity contribution in [2.24, 2.45) is 0 Å². The number of nitrogens with one attached hydrogen (secondary N) is 2. The van der Waals surface area contributed by atoms with Crippen molar-refractivity contribution in [3.05, 3.63) is 12.3 Å². The minimum atomic E-state index is -2.95. The number of carbonyl (C=O) groups is 2. The Kier molecular flexibility index (Phi) is 6.51. The lowest BCUT2D eigenvalue weighted by Crippen LogP contribution is -2.69. The van der Waals surface area contributed by atoms with Gasteiger partial charge in [-0.1, -0.05) is 13.8 Å². The zero-order chi connectivity index (χ0) is 14.4. The predicted octanol–water partition coefficient (Wildman–Crippen LogP) is 1.55. The Morgan fingerprint density at radius 2 is 1.50 bits per heavy atom. The van der Waals surface area contributed by atoms with Gasteiger partial charge in [0, 0.05) is 12.8 Å². The van der Waals surface area contributed by atoms with Gasteiger partial charge in [-0.2, -0.15) is 0 Å². The molecule has 0 aromatic carbocycles. The van der Waals surface area contributed by atoms with Crippen LogP contribution in [0.2, 0.25) is 19.6 Å². The molecule has 0 aliphatic rings. The normalized spacial score (nSPS) is 11.8. The Hall–Kier alpha value is -0.926. The topological polar surface area (TPSA) is 67.4 Å². The van der Waals surface area contributed by atoms with Crippen LogP contribution in [0.25, 0.3) is 0 Å². The molecule has 0 saturated carbocycles. The van der Waals surface area contributed by atoms with Crippen LogP contribution in [-0.2, 0) is 13.7 Å². The fraction of sp³-hybridized carbons (Fsp3) is 0.636. The van der Waals surface area contributed by atoms with Gasteiger partial charge >= 0.3 is 8.64 Å². The molecular formula is C11H24N2O3Si2. The van der Waals surface area contributed by atoms with Crippen LogP contribution in [-0.4, -0.2) is 28.8 Å². The van der Waals surface area contributed by atoms with E-state index in [1.165, 1.54) is 0 Å². The molecule has 5 nitrogen and oxygen atoms in total. The number of rotatable bonds is 7. The molecule has 0 unspecified atom stereocenters. The number of hydrogen-bond acceptors (Lipinski definition) is 3. The third-order valence-corrected chi connectivity index (χ3v) is 7.66. The number of carbonyl (C=O) groups excluding carboxylic acids is 2. The summed E-state index contributed by atoms with van der Waals surface area (Å²) in [4.78, 5) is 28.8. The Balaban J connectivity index is 5.12. The molecule has 0 aliphatic heterocycles. The quantitative estimate of drug-likeness (QED) is 0.699. The van der Waals surface area contributed by atoms with Gasteiger partial charge in [-0.25, -0.2) is 0 Å². The van der Waals surface area contributed by atoms with Crippen molar-refractivity contribution in [3.8, 4) is 0 Å². The molecule has 0 atom stereocenters. The largest absolute Gasteiger partial charge is 0.435 e. The maximum atomic E-state index is 11.6. The first-order valence-corrected chi connectivity index (χ1v) is 11.5. The van der Waals surface area contributed by atoms with Crippen LogP contribution in [0.3, 0.4) is 0 Å². The molecule has 104 valence electrons. The van der Waals surface area contributed by atoms with Crippen LogP contribution in [0.15, 0.2) is 12.3 Å². The van der Waals surface area contributed by atoms with Crippen molar-refractivity contribution >= 4 is 28.8 Å². The van der Waals surface area contributed by atoms with E-state index in [1.54, 1.807) is 19.5 Å². The van der Waals surface area contributed by atoms with Gasteiger partial charge in [0.05, 0.1) is 0 Å². The van der Waals surface area contributed by atoms with E-state index >= 15 is 0 Å². The van der Waals surface area contributed by atoms with Crippen LogP contribution in [0, 0.1) is 0 Å². The van der Waals surface area contributed by atoms with Crippen LogP contribution in [0.5, 0.6) is 0 Å². The summed E-state index contributed by atoms with van der Waals surface area (Å²) in [6.45, 7) is 13.3. The second-order valence-electron chi connectivity index (χ2n) is 4.96. The van der Waals surface area contributed by atoms with E-state index in [-0.39, 0.29) is 11.8 Å². The highest BCUT2D eigenvalue weighted by Crippen LogP contribution is 2.11. The van der Waals surface area contributed by atoms with Crippen LogP contribution >= 0.6 is 0 Å². The second-order valence-corrected chi connectivity index (χ2v) is 12.4. The van der Waals surface area contributed by atoms with Crippen molar-refractivity contribution in [3.63, 3.8) is 0 Å². The second kappa shape index (κ2) is 6.86. The van der Waals surface area contributed by atoms with Crippen LogP contribution in [0.4, 0.5) is 0 Å². The predicted molar refractivity (Wildman–Crippen MR) is 77.2 cm³/mol. The molecular weight excluding hydrogens is 264 g/mol. The third-order valence-electron chi connectivity index (χ3n) is 2.05. The fourth-order valence-electron chi connectivity index (χ4n) is 1.30. The molecule has 0 radical (unpaired) electrons. The Morgan fingerprint density at radius 1 is 1.11 bits per heavy atom. The molecule has 0 bridgehead atoms. The van der Waals surface area contributed by atoms with Crippen LogP contribution < -0.4 is 9.96 Å². The molecule has 0 rings (SSSR count). The molecule has 0 spiro atoms. The lowest BCUT2D eigenvalue weighted by molar-refractivity contribution is -0.119. The average Bonchev–Trinajstić information content (AvgIpc) is 2.26. The van der Waals surface area contributed by atoms with E-state index in [0.29, 0.717) is 12.8 Å². The molecule has 0 heterocycles. The molecule has 0 aromatic heterocycles. The third kappa shape index (κ3) is 6.13. The zero-order valence-electron chi connectivity index (χ0n) is 11.9. The fourth-order valence-corrected chi connectivity index (χ4v) is 7.35. The van der Waals surface area contributed by atoms with Gasteiger partial charge in [0.25, 0.3) is 0 Å². The summed E-state index contributed by atoms with van der Waals surface area (Å²) < 4.78 is 6.02. The molecule has 2 N–H and O–H groups in total. The summed E-state index contributed by atoms with van der Waals surface area (Å²) in [5.41, 5.74) is 1.56. The van der Waals surface area contributed by atoms with Gasteiger partial charge in [-0.3, -0.25) is 9.59 Å². The molecule has 2 amide bonds. The average molecular weight is 288 g/mol. The van der Waals surface area contributed by atoms with Crippen LogP contribution in [0.1, 0.15) is 26.7 Å². The van der Waals surface area contributed by atoms with E-state index in [1.807, 2.05) is 19.6 Å². The highest BCUT2D eigenvalue weighted by Gasteiger charge is 2.41. The van der Waals surface area contributed by atoms with Crippen molar-refractivity contribution in [2.45, 2.75) is 46.3 Å². The van der Waals surface area contributed by atoms with Crippen molar-refractivity contribution in [1.82, 2.24) is 9.96 Å². The Labute approximate surface area is 111 Å². The SMILES string of the molecule is C=C[Si](NC(=O)CC)(NC(=O)CC)O[Si](C)(C)C. The summed E-state index contributed by atoms with van der Waals surface area (Å²) in [5, 5.41) is 0. The lowest BCUT2D eigenvalue weighted by Gasteiger charge is -2.34. The first kappa shape index (κ1) is 17.1. The highest BCUT2D eigenvalue weighted by atomic mass is 28.4. The summed E-state index contributed by atoms with van der Waals surface area (Å²) in [5.74, 6) is -0.285. The summed E-state index contributed by atoms with van der Waals surface area (Å²) >= 11 is 0. The molecule has 0 fully saturated rings. The first-order valence-electron chi connectivity index (χ1n) is 6.13. The maximum Gasteiger partial charge on any atom is 0.435 e. The summed E-state index contributed by atoms with van der Waals surface area (Å²) in [6, 6.07) is 0.